The summed E-state index contributed by atoms with van der Waals surface area (Å²) in [6.45, 7) is 1.78. The summed E-state index contributed by atoms with van der Waals surface area (Å²) in [5, 5.41) is 6.58. The van der Waals surface area contributed by atoms with E-state index in [0.717, 1.165) is 24.0 Å². The van der Waals surface area contributed by atoms with Crippen molar-refractivity contribution in [3.05, 3.63) is 52.0 Å². The van der Waals surface area contributed by atoms with Crippen LogP contribution in [0, 0.1) is 0 Å². The van der Waals surface area contributed by atoms with Crippen LogP contribution in [-0.2, 0) is 13.1 Å². The van der Waals surface area contributed by atoms with Gasteiger partial charge >= 0.3 is 0 Å². The smallest absolute Gasteiger partial charge is 0.106 e. The number of benzene rings is 1. The van der Waals surface area contributed by atoms with Crippen LogP contribution in [0.5, 0.6) is 0 Å². The van der Waals surface area contributed by atoms with Gasteiger partial charge in [0.2, 0.25) is 0 Å². The van der Waals surface area contributed by atoms with E-state index in [-0.39, 0.29) is 0 Å². The largest absolute Gasteiger partial charge is 0.306 e. The van der Waals surface area contributed by atoms with Gasteiger partial charge in [0.1, 0.15) is 5.01 Å². The van der Waals surface area contributed by atoms with E-state index in [9.17, 15) is 0 Å². The summed E-state index contributed by atoms with van der Waals surface area (Å²) in [6, 6.07) is 9.03. The number of nitrogens with zero attached hydrogens (tertiary/aromatic N) is 1. The number of hydrogen-bond donors (Lipinski definition) is 1. The number of nitrogens with one attached hydrogen (secondary N) is 1. The molecule has 17 heavy (non-hydrogen) atoms. The van der Waals surface area contributed by atoms with Gasteiger partial charge in [0.15, 0.2) is 0 Å². The topological polar surface area (TPSA) is 24.9 Å². The second-order valence-corrected chi connectivity index (χ2v) is 5.52. The average Bonchev–Trinajstić information content (AvgIpc) is 3.08. The predicted molar refractivity (Wildman–Crippen MR) is 71.1 cm³/mol. The molecule has 1 aromatic carbocycles. The normalized spacial score (nSPS) is 15.1. The van der Waals surface area contributed by atoms with Crippen LogP contribution in [0.15, 0.2) is 35.8 Å². The molecule has 0 radical (unpaired) electrons. The Labute approximate surface area is 106 Å². The van der Waals surface area contributed by atoms with E-state index in [1.54, 1.807) is 11.3 Å². The van der Waals surface area contributed by atoms with Crippen molar-refractivity contribution >= 4 is 11.3 Å². The zero-order chi connectivity index (χ0) is 11.5. The van der Waals surface area contributed by atoms with Gasteiger partial charge < -0.3 is 5.32 Å². The maximum Gasteiger partial charge on any atom is 0.106 e. The standard InChI is InChI=1S/C14H16N2S/c1-3-12(13-5-6-13)4-2-11(1)9-15-10-14-16-7-8-17-14/h1-4,7-8,13,15H,5-6,9-10H2. The molecule has 1 aliphatic rings. The Morgan fingerprint density at radius 1 is 1.18 bits per heavy atom. The van der Waals surface area contributed by atoms with Gasteiger partial charge in [-0.3, -0.25) is 0 Å². The van der Waals surface area contributed by atoms with Crippen molar-refractivity contribution in [2.45, 2.75) is 31.8 Å². The van der Waals surface area contributed by atoms with E-state index >= 15 is 0 Å². The SMILES string of the molecule is c1csc(CNCc2ccc(C3CC3)cc2)n1. The average molecular weight is 244 g/mol. The minimum atomic E-state index is 0.854. The van der Waals surface area contributed by atoms with Gasteiger partial charge in [-0.2, -0.15) is 0 Å². The molecule has 1 aliphatic carbocycles. The molecule has 0 bridgehead atoms. The fourth-order valence-electron chi connectivity index (χ4n) is 1.98. The quantitative estimate of drug-likeness (QED) is 0.873. The van der Waals surface area contributed by atoms with E-state index in [1.165, 1.54) is 24.0 Å². The third-order valence-electron chi connectivity index (χ3n) is 3.12. The van der Waals surface area contributed by atoms with Crippen LogP contribution in [0.1, 0.15) is 34.9 Å². The predicted octanol–water partition coefficient (Wildman–Crippen LogP) is 3.31. The highest BCUT2D eigenvalue weighted by molar-refractivity contribution is 7.09. The molecule has 1 aromatic heterocycles. The summed E-state index contributed by atoms with van der Waals surface area (Å²) in [6.07, 6.45) is 4.61. The fourth-order valence-corrected chi connectivity index (χ4v) is 2.56. The number of aromatic nitrogens is 1. The first kappa shape index (κ1) is 10.9. The van der Waals surface area contributed by atoms with Crippen molar-refractivity contribution in [3.8, 4) is 0 Å². The molecule has 0 spiro atoms. The van der Waals surface area contributed by atoms with Crippen LogP contribution in [0.25, 0.3) is 0 Å². The zero-order valence-corrected chi connectivity index (χ0v) is 10.5. The van der Waals surface area contributed by atoms with E-state index in [1.807, 2.05) is 11.6 Å². The van der Waals surface area contributed by atoms with Gasteiger partial charge in [-0.25, -0.2) is 4.98 Å². The first-order valence-electron chi connectivity index (χ1n) is 6.10. The Morgan fingerprint density at radius 2 is 2.00 bits per heavy atom. The van der Waals surface area contributed by atoms with Gasteiger partial charge in [-0.05, 0) is 29.9 Å². The van der Waals surface area contributed by atoms with Crippen LogP contribution >= 0.6 is 11.3 Å². The lowest BCUT2D eigenvalue weighted by Crippen LogP contribution is -2.12. The van der Waals surface area contributed by atoms with Crippen LogP contribution in [0.2, 0.25) is 0 Å². The van der Waals surface area contributed by atoms with Gasteiger partial charge in [-0.15, -0.1) is 11.3 Å². The van der Waals surface area contributed by atoms with Crippen molar-refractivity contribution in [3.63, 3.8) is 0 Å². The summed E-state index contributed by atoms with van der Waals surface area (Å²) in [4.78, 5) is 4.25. The number of thiazole rings is 1. The molecule has 0 aliphatic heterocycles. The Balaban J connectivity index is 1.51. The first-order chi connectivity index (χ1) is 8.42. The van der Waals surface area contributed by atoms with Crippen molar-refractivity contribution in [2.24, 2.45) is 0 Å². The van der Waals surface area contributed by atoms with Crippen LogP contribution < -0.4 is 5.32 Å². The van der Waals surface area contributed by atoms with Crippen molar-refractivity contribution in [1.82, 2.24) is 10.3 Å². The second-order valence-electron chi connectivity index (χ2n) is 4.55. The van der Waals surface area contributed by atoms with Crippen molar-refractivity contribution < 1.29 is 0 Å². The van der Waals surface area contributed by atoms with Crippen LogP contribution in [-0.4, -0.2) is 4.98 Å². The first-order valence-corrected chi connectivity index (χ1v) is 6.98. The van der Waals surface area contributed by atoms with Crippen LogP contribution in [0.4, 0.5) is 0 Å². The van der Waals surface area contributed by atoms with Gasteiger partial charge in [-0.1, -0.05) is 24.3 Å². The molecular formula is C14H16N2S. The Kier molecular flexibility index (Phi) is 3.20. The molecule has 1 N–H and O–H groups in total. The van der Waals surface area contributed by atoms with Crippen LogP contribution in [0.3, 0.4) is 0 Å². The monoisotopic (exact) mass is 244 g/mol. The highest BCUT2D eigenvalue weighted by Gasteiger charge is 2.22. The zero-order valence-electron chi connectivity index (χ0n) is 9.73. The van der Waals surface area contributed by atoms with Gasteiger partial charge in [0, 0.05) is 24.7 Å². The summed E-state index contributed by atoms with van der Waals surface area (Å²) < 4.78 is 0. The summed E-state index contributed by atoms with van der Waals surface area (Å²) in [5.74, 6) is 0.854. The minimum Gasteiger partial charge on any atom is -0.306 e. The van der Waals surface area contributed by atoms with E-state index in [4.69, 9.17) is 0 Å². The van der Waals surface area contributed by atoms with Crippen molar-refractivity contribution in [2.75, 3.05) is 0 Å². The number of hydrogen-bond acceptors (Lipinski definition) is 3. The third-order valence-corrected chi connectivity index (χ3v) is 3.90. The summed E-state index contributed by atoms with van der Waals surface area (Å²) in [5.41, 5.74) is 2.86. The molecule has 0 atom stereocenters. The fraction of sp³-hybridized carbons (Fsp3) is 0.357. The number of rotatable bonds is 5. The van der Waals surface area contributed by atoms with E-state index < -0.39 is 0 Å². The highest BCUT2D eigenvalue weighted by atomic mass is 32.1. The Hall–Kier alpha value is -1.19. The Morgan fingerprint density at radius 3 is 2.65 bits per heavy atom. The molecule has 1 saturated carbocycles. The van der Waals surface area contributed by atoms with Crippen molar-refractivity contribution in [1.29, 1.82) is 0 Å². The molecule has 3 heteroatoms. The van der Waals surface area contributed by atoms with Gasteiger partial charge in [0.05, 0.1) is 0 Å². The maximum atomic E-state index is 4.25. The lowest BCUT2D eigenvalue weighted by molar-refractivity contribution is 0.690. The molecule has 0 saturated heterocycles. The lowest BCUT2D eigenvalue weighted by atomic mass is 10.1. The molecule has 3 rings (SSSR count). The Bertz CT molecular complexity index is 457. The lowest BCUT2D eigenvalue weighted by Gasteiger charge is -2.04. The molecule has 1 fully saturated rings. The molecule has 1 heterocycles. The molecule has 88 valence electrons. The second kappa shape index (κ2) is 4.98. The van der Waals surface area contributed by atoms with Gasteiger partial charge in [0.25, 0.3) is 0 Å². The molecular weight excluding hydrogens is 228 g/mol. The molecule has 2 aromatic rings. The third kappa shape index (κ3) is 2.93. The summed E-state index contributed by atoms with van der Waals surface area (Å²) in [7, 11) is 0. The maximum absolute atomic E-state index is 4.25. The molecule has 2 nitrogen and oxygen atoms in total. The molecule has 0 unspecified atom stereocenters. The minimum absolute atomic E-state index is 0.854. The molecule has 0 amide bonds. The summed E-state index contributed by atoms with van der Waals surface area (Å²) >= 11 is 1.70. The highest BCUT2D eigenvalue weighted by Crippen LogP contribution is 2.39. The van der Waals surface area contributed by atoms with E-state index in [2.05, 4.69) is 34.6 Å². The van der Waals surface area contributed by atoms with E-state index in [0.29, 0.717) is 0 Å².